The maximum Gasteiger partial charge on any atom is 0.161 e. The van der Waals surface area contributed by atoms with Crippen molar-refractivity contribution in [2.75, 3.05) is 53.6 Å². The topological polar surface area (TPSA) is 54.4 Å². The Labute approximate surface area is 151 Å². The van der Waals surface area contributed by atoms with E-state index in [9.17, 15) is 5.11 Å². The van der Waals surface area contributed by atoms with Crippen LogP contribution < -0.4 is 9.47 Å². The van der Waals surface area contributed by atoms with Crippen LogP contribution in [0.5, 0.6) is 11.5 Å². The fourth-order valence-corrected chi connectivity index (χ4v) is 2.73. The van der Waals surface area contributed by atoms with E-state index in [1.807, 2.05) is 19.2 Å². The van der Waals surface area contributed by atoms with Crippen molar-refractivity contribution in [3.63, 3.8) is 0 Å². The highest BCUT2D eigenvalue weighted by Crippen LogP contribution is 2.29. The quantitative estimate of drug-likeness (QED) is 0.729. The minimum atomic E-state index is -0.542. The third-order valence-electron chi connectivity index (χ3n) is 4.55. The molecule has 0 amide bonds. The van der Waals surface area contributed by atoms with E-state index in [0.717, 1.165) is 32.8 Å². The van der Waals surface area contributed by atoms with E-state index >= 15 is 0 Å². The van der Waals surface area contributed by atoms with Crippen molar-refractivity contribution >= 4 is 0 Å². The zero-order chi connectivity index (χ0) is 18.2. The van der Waals surface area contributed by atoms with Crippen molar-refractivity contribution in [2.45, 2.75) is 32.5 Å². The molecule has 142 valence electrons. The van der Waals surface area contributed by atoms with Crippen LogP contribution in [0.15, 0.2) is 18.2 Å². The molecule has 0 aliphatic carbocycles. The summed E-state index contributed by atoms with van der Waals surface area (Å²) < 4.78 is 16.6. The molecule has 1 N–H and O–H groups in total. The zero-order valence-electron chi connectivity index (χ0n) is 15.9. The highest BCUT2D eigenvalue weighted by molar-refractivity contribution is 5.43. The number of hydrogen-bond donors (Lipinski definition) is 1. The first-order valence-electron chi connectivity index (χ1n) is 8.97. The Bertz CT molecular complexity index is 518. The largest absolute Gasteiger partial charge is 0.493 e. The number of nitrogens with zero attached hydrogens (tertiary/aromatic N) is 2. The lowest BCUT2D eigenvalue weighted by Gasteiger charge is -2.27. The van der Waals surface area contributed by atoms with E-state index in [1.165, 1.54) is 5.56 Å². The first kappa shape index (κ1) is 20.0. The minimum Gasteiger partial charge on any atom is -0.493 e. The van der Waals surface area contributed by atoms with Crippen LogP contribution in [0.4, 0.5) is 0 Å². The predicted molar refractivity (Wildman–Crippen MR) is 98.4 cm³/mol. The number of hydrogen-bond acceptors (Lipinski definition) is 6. The summed E-state index contributed by atoms with van der Waals surface area (Å²) in [5.74, 6) is 1.37. The SMILES string of the molecule is COc1ccc(CN2CCOCC2)cc1OC[C@@H](O)CN(C)C(C)C. The zero-order valence-corrected chi connectivity index (χ0v) is 15.9. The molecular formula is C19H32N2O4. The monoisotopic (exact) mass is 352 g/mol. The lowest BCUT2D eigenvalue weighted by Crippen LogP contribution is -2.37. The maximum atomic E-state index is 10.2. The van der Waals surface area contributed by atoms with Gasteiger partial charge in [0.1, 0.15) is 12.7 Å². The summed E-state index contributed by atoms with van der Waals surface area (Å²) in [5, 5.41) is 10.2. The van der Waals surface area contributed by atoms with Gasteiger partial charge in [-0.3, -0.25) is 4.90 Å². The molecule has 1 aromatic rings. The standard InChI is InChI=1S/C19H32N2O4/c1-15(2)20(3)13-17(22)14-25-19-11-16(5-6-18(19)23-4)12-21-7-9-24-10-8-21/h5-6,11,15,17,22H,7-10,12-14H2,1-4H3/t17-/m0/s1. The van der Waals surface area contributed by atoms with Gasteiger partial charge in [0, 0.05) is 32.2 Å². The molecule has 6 nitrogen and oxygen atoms in total. The third-order valence-corrected chi connectivity index (χ3v) is 4.55. The summed E-state index contributed by atoms with van der Waals surface area (Å²) in [6.45, 7) is 9.36. The molecule has 0 radical (unpaired) electrons. The van der Waals surface area contributed by atoms with Gasteiger partial charge in [-0.1, -0.05) is 6.07 Å². The lowest BCUT2D eigenvalue weighted by molar-refractivity contribution is 0.0341. The molecule has 1 aliphatic heterocycles. The van der Waals surface area contributed by atoms with Crippen LogP contribution in [0.1, 0.15) is 19.4 Å². The lowest BCUT2D eigenvalue weighted by atomic mass is 10.2. The second-order valence-electron chi connectivity index (χ2n) is 6.87. The van der Waals surface area contributed by atoms with E-state index in [2.05, 4.69) is 29.7 Å². The van der Waals surface area contributed by atoms with Gasteiger partial charge in [0.25, 0.3) is 0 Å². The first-order chi connectivity index (χ1) is 12.0. The fourth-order valence-electron chi connectivity index (χ4n) is 2.73. The Kier molecular flexibility index (Phi) is 7.96. The van der Waals surface area contributed by atoms with Gasteiger partial charge < -0.3 is 24.2 Å². The van der Waals surface area contributed by atoms with Gasteiger partial charge in [0.2, 0.25) is 0 Å². The minimum absolute atomic E-state index is 0.244. The van der Waals surface area contributed by atoms with Crippen molar-refractivity contribution in [1.29, 1.82) is 0 Å². The van der Waals surface area contributed by atoms with E-state index < -0.39 is 6.10 Å². The maximum absolute atomic E-state index is 10.2. The Morgan fingerprint density at radius 1 is 1.24 bits per heavy atom. The van der Waals surface area contributed by atoms with Gasteiger partial charge >= 0.3 is 0 Å². The Morgan fingerprint density at radius 3 is 2.60 bits per heavy atom. The van der Waals surface area contributed by atoms with E-state index in [1.54, 1.807) is 7.11 Å². The molecule has 0 bridgehead atoms. The molecule has 1 aliphatic rings. The summed E-state index contributed by atoms with van der Waals surface area (Å²) in [5.41, 5.74) is 1.17. The number of ether oxygens (including phenoxy) is 3. The smallest absolute Gasteiger partial charge is 0.161 e. The van der Waals surface area contributed by atoms with Gasteiger partial charge in [0.15, 0.2) is 11.5 Å². The van der Waals surface area contributed by atoms with Crippen molar-refractivity contribution < 1.29 is 19.3 Å². The highest BCUT2D eigenvalue weighted by atomic mass is 16.5. The van der Waals surface area contributed by atoms with Crippen molar-refractivity contribution in [2.24, 2.45) is 0 Å². The summed E-state index contributed by atoms with van der Waals surface area (Å²) in [7, 11) is 3.63. The van der Waals surface area contributed by atoms with Crippen LogP contribution in [-0.4, -0.2) is 80.7 Å². The Balaban J connectivity index is 1.94. The fraction of sp³-hybridized carbons (Fsp3) is 0.684. The van der Waals surface area contributed by atoms with Gasteiger partial charge in [0.05, 0.1) is 20.3 Å². The van der Waals surface area contributed by atoms with Crippen molar-refractivity contribution in [3.05, 3.63) is 23.8 Å². The van der Waals surface area contributed by atoms with Crippen LogP contribution in [0, 0.1) is 0 Å². The van der Waals surface area contributed by atoms with E-state index in [0.29, 0.717) is 24.1 Å². The molecule has 1 fully saturated rings. The van der Waals surface area contributed by atoms with Crippen molar-refractivity contribution in [3.8, 4) is 11.5 Å². The number of aliphatic hydroxyl groups excluding tert-OH is 1. The number of rotatable bonds is 9. The first-order valence-corrected chi connectivity index (χ1v) is 8.97. The van der Waals surface area contributed by atoms with Gasteiger partial charge in [-0.05, 0) is 38.6 Å². The van der Waals surface area contributed by atoms with Gasteiger partial charge in [-0.2, -0.15) is 0 Å². The number of benzene rings is 1. The molecule has 0 spiro atoms. The second kappa shape index (κ2) is 9.97. The second-order valence-corrected chi connectivity index (χ2v) is 6.87. The third kappa shape index (κ3) is 6.47. The van der Waals surface area contributed by atoms with Crippen LogP contribution in [0.3, 0.4) is 0 Å². The average molecular weight is 352 g/mol. The Morgan fingerprint density at radius 2 is 1.96 bits per heavy atom. The Hall–Kier alpha value is -1.34. The number of aliphatic hydroxyl groups is 1. The normalized spacial score (nSPS) is 17.1. The summed E-state index contributed by atoms with van der Waals surface area (Å²) in [4.78, 5) is 4.46. The van der Waals surface area contributed by atoms with E-state index in [-0.39, 0.29) is 6.61 Å². The van der Waals surface area contributed by atoms with Crippen LogP contribution in [0.25, 0.3) is 0 Å². The summed E-state index contributed by atoms with van der Waals surface area (Å²) in [6.07, 6.45) is -0.542. The molecule has 1 aromatic carbocycles. The van der Waals surface area contributed by atoms with Crippen LogP contribution >= 0.6 is 0 Å². The molecule has 2 rings (SSSR count). The number of likely N-dealkylation sites (N-methyl/N-ethyl adjacent to an activating group) is 1. The molecular weight excluding hydrogens is 320 g/mol. The number of morpholine rings is 1. The molecule has 6 heteroatoms. The molecule has 0 saturated carbocycles. The van der Waals surface area contributed by atoms with E-state index in [4.69, 9.17) is 14.2 Å². The summed E-state index contributed by atoms with van der Waals surface area (Å²) in [6, 6.07) is 6.38. The molecule has 1 saturated heterocycles. The average Bonchev–Trinajstić information content (AvgIpc) is 2.61. The molecule has 0 unspecified atom stereocenters. The molecule has 25 heavy (non-hydrogen) atoms. The van der Waals surface area contributed by atoms with Crippen LogP contribution in [0.2, 0.25) is 0 Å². The van der Waals surface area contributed by atoms with Gasteiger partial charge in [-0.25, -0.2) is 0 Å². The molecule has 1 atom stereocenters. The van der Waals surface area contributed by atoms with Crippen molar-refractivity contribution in [1.82, 2.24) is 9.80 Å². The van der Waals surface area contributed by atoms with Crippen LogP contribution in [-0.2, 0) is 11.3 Å². The number of methoxy groups -OCH3 is 1. The summed E-state index contributed by atoms with van der Waals surface area (Å²) >= 11 is 0. The van der Waals surface area contributed by atoms with Gasteiger partial charge in [-0.15, -0.1) is 0 Å². The predicted octanol–water partition coefficient (Wildman–Crippen LogP) is 1.61. The molecule has 0 aromatic heterocycles. The molecule has 1 heterocycles. The highest BCUT2D eigenvalue weighted by Gasteiger charge is 2.15.